The van der Waals surface area contributed by atoms with E-state index in [2.05, 4.69) is 51.6 Å². The van der Waals surface area contributed by atoms with Crippen LogP contribution in [-0.4, -0.2) is 40.6 Å². The first-order valence-corrected chi connectivity index (χ1v) is 9.24. The van der Waals surface area contributed by atoms with Crippen LogP contribution in [0.3, 0.4) is 0 Å². The monoisotopic (exact) mass is 348 g/mol. The number of aromatic amines is 1. The van der Waals surface area contributed by atoms with Crippen LogP contribution in [0.15, 0.2) is 48.5 Å². The standard InChI is InChI=1S/C21H24N4O/c1-15-8-10-16(11-9-15)19(25-12-4-5-13-25)14-22-21(26)20-17-6-2-3-7-18(17)23-24-20/h2-3,6-11,19H,4-5,12-14H2,1H3,(H,22,26)(H,23,24)/t19-/m0/s1. The van der Waals surface area contributed by atoms with Gasteiger partial charge in [0.25, 0.3) is 5.91 Å². The van der Waals surface area contributed by atoms with Gasteiger partial charge in [-0.25, -0.2) is 0 Å². The third kappa shape index (κ3) is 3.35. The minimum Gasteiger partial charge on any atom is -0.349 e. The maximum atomic E-state index is 12.7. The molecule has 0 radical (unpaired) electrons. The number of para-hydroxylation sites is 1. The zero-order valence-electron chi connectivity index (χ0n) is 15.0. The Morgan fingerprint density at radius 2 is 1.88 bits per heavy atom. The number of carbonyl (C=O) groups excluding carboxylic acids is 1. The molecule has 1 aliphatic heterocycles. The van der Waals surface area contributed by atoms with E-state index >= 15 is 0 Å². The summed E-state index contributed by atoms with van der Waals surface area (Å²) in [4.78, 5) is 15.2. The molecule has 0 bridgehead atoms. The number of hydrogen-bond acceptors (Lipinski definition) is 3. The van der Waals surface area contributed by atoms with Crippen LogP contribution in [0.5, 0.6) is 0 Å². The van der Waals surface area contributed by atoms with E-state index in [1.54, 1.807) is 0 Å². The van der Waals surface area contributed by atoms with Crippen molar-refractivity contribution in [3.63, 3.8) is 0 Å². The molecule has 134 valence electrons. The van der Waals surface area contributed by atoms with Crippen molar-refractivity contribution in [2.75, 3.05) is 19.6 Å². The number of aryl methyl sites for hydroxylation is 1. The van der Waals surface area contributed by atoms with Gasteiger partial charge in [-0.3, -0.25) is 14.8 Å². The molecule has 1 aromatic heterocycles. The molecule has 1 fully saturated rings. The van der Waals surface area contributed by atoms with Crippen LogP contribution in [0.4, 0.5) is 0 Å². The number of nitrogens with zero attached hydrogens (tertiary/aromatic N) is 2. The maximum Gasteiger partial charge on any atom is 0.272 e. The first-order chi connectivity index (χ1) is 12.7. The first-order valence-electron chi connectivity index (χ1n) is 9.24. The maximum absolute atomic E-state index is 12.7. The fraction of sp³-hybridized carbons (Fsp3) is 0.333. The smallest absolute Gasteiger partial charge is 0.272 e. The summed E-state index contributed by atoms with van der Waals surface area (Å²) in [7, 11) is 0. The molecule has 2 N–H and O–H groups in total. The van der Waals surface area contributed by atoms with Gasteiger partial charge in [0.1, 0.15) is 0 Å². The predicted molar refractivity (Wildman–Crippen MR) is 103 cm³/mol. The van der Waals surface area contributed by atoms with Gasteiger partial charge in [0.2, 0.25) is 0 Å². The molecular formula is C21H24N4O. The fourth-order valence-corrected chi connectivity index (χ4v) is 3.71. The number of likely N-dealkylation sites (tertiary alicyclic amines) is 1. The summed E-state index contributed by atoms with van der Waals surface area (Å²) in [5.74, 6) is -0.126. The minimum absolute atomic E-state index is 0.126. The van der Waals surface area contributed by atoms with Crippen LogP contribution < -0.4 is 5.32 Å². The topological polar surface area (TPSA) is 61.0 Å². The largest absolute Gasteiger partial charge is 0.349 e. The van der Waals surface area contributed by atoms with Crippen molar-refractivity contribution in [1.29, 1.82) is 0 Å². The second-order valence-corrected chi connectivity index (χ2v) is 7.00. The summed E-state index contributed by atoms with van der Waals surface area (Å²) in [5, 5.41) is 11.1. The highest BCUT2D eigenvalue weighted by atomic mass is 16.1. The van der Waals surface area contributed by atoms with E-state index in [4.69, 9.17) is 0 Å². The highest BCUT2D eigenvalue weighted by Gasteiger charge is 2.24. The lowest BCUT2D eigenvalue weighted by Crippen LogP contribution is -2.37. The summed E-state index contributed by atoms with van der Waals surface area (Å²) in [5.41, 5.74) is 3.85. The van der Waals surface area contributed by atoms with Crippen molar-refractivity contribution >= 4 is 16.8 Å². The van der Waals surface area contributed by atoms with Crippen LogP contribution in [-0.2, 0) is 0 Å². The summed E-state index contributed by atoms with van der Waals surface area (Å²) in [6.45, 7) is 4.85. The Hall–Kier alpha value is -2.66. The molecule has 3 aromatic rings. The van der Waals surface area contributed by atoms with Gasteiger partial charge in [0, 0.05) is 11.9 Å². The SMILES string of the molecule is Cc1ccc([C@H](CNC(=O)c2n[nH]c3ccccc23)N2CCCC2)cc1. The predicted octanol–water partition coefficient (Wildman–Crippen LogP) is 3.44. The quantitative estimate of drug-likeness (QED) is 0.742. The highest BCUT2D eigenvalue weighted by molar-refractivity contribution is 6.04. The number of rotatable bonds is 5. The summed E-state index contributed by atoms with van der Waals surface area (Å²) < 4.78 is 0. The molecule has 2 aromatic carbocycles. The molecule has 1 atom stereocenters. The van der Waals surface area contributed by atoms with Crippen molar-refractivity contribution in [2.24, 2.45) is 0 Å². The van der Waals surface area contributed by atoms with Gasteiger partial charge in [-0.1, -0.05) is 48.0 Å². The van der Waals surface area contributed by atoms with Gasteiger partial charge in [-0.05, 0) is 44.5 Å². The molecule has 4 rings (SSSR count). The van der Waals surface area contributed by atoms with Gasteiger partial charge >= 0.3 is 0 Å². The number of aromatic nitrogens is 2. The average Bonchev–Trinajstić information content (AvgIpc) is 3.33. The van der Waals surface area contributed by atoms with Crippen molar-refractivity contribution in [3.8, 4) is 0 Å². The fourth-order valence-electron chi connectivity index (χ4n) is 3.71. The average molecular weight is 348 g/mol. The van der Waals surface area contributed by atoms with Crippen LogP contribution >= 0.6 is 0 Å². The van der Waals surface area contributed by atoms with Crippen LogP contribution in [0.2, 0.25) is 0 Å². The number of fused-ring (bicyclic) bond motifs is 1. The van der Waals surface area contributed by atoms with Gasteiger partial charge in [-0.15, -0.1) is 0 Å². The van der Waals surface area contributed by atoms with Crippen molar-refractivity contribution in [1.82, 2.24) is 20.4 Å². The summed E-state index contributed by atoms with van der Waals surface area (Å²) >= 11 is 0. The lowest BCUT2D eigenvalue weighted by atomic mass is 10.0. The number of nitrogens with one attached hydrogen (secondary N) is 2. The van der Waals surface area contributed by atoms with Gasteiger partial charge in [0.15, 0.2) is 5.69 Å². The molecule has 0 unspecified atom stereocenters. The van der Waals surface area contributed by atoms with Gasteiger partial charge in [0.05, 0.1) is 11.6 Å². The van der Waals surface area contributed by atoms with Crippen LogP contribution in [0.1, 0.15) is 40.5 Å². The Balaban J connectivity index is 1.52. The number of carbonyl (C=O) groups is 1. The number of H-pyrrole nitrogens is 1. The van der Waals surface area contributed by atoms with E-state index in [1.165, 1.54) is 24.0 Å². The van der Waals surface area contributed by atoms with Crippen LogP contribution in [0, 0.1) is 6.92 Å². The van der Waals surface area contributed by atoms with E-state index in [1.807, 2.05) is 24.3 Å². The molecule has 1 saturated heterocycles. The second-order valence-electron chi connectivity index (χ2n) is 7.00. The first kappa shape index (κ1) is 16.8. The molecule has 5 nitrogen and oxygen atoms in total. The van der Waals surface area contributed by atoms with E-state index < -0.39 is 0 Å². The molecule has 0 aliphatic carbocycles. The Morgan fingerprint density at radius 1 is 1.15 bits per heavy atom. The Kier molecular flexibility index (Phi) is 4.71. The summed E-state index contributed by atoms with van der Waals surface area (Å²) in [6.07, 6.45) is 2.45. The number of hydrogen-bond donors (Lipinski definition) is 2. The summed E-state index contributed by atoms with van der Waals surface area (Å²) in [6, 6.07) is 16.5. The zero-order chi connectivity index (χ0) is 17.9. The van der Waals surface area contributed by atoms with E-state index in [0.717, 1.165) is 24.0 Å². The third-order valence-corrected chi connectivity index (χ3v) is 5.18. The second kappa shape index (κ2) is 7.30. The zero-order valence-corrected chi connectivity index (χ0v) is 15.0. The van der Waals surface area contributed by atoms with Crippen molar-refractivity contribution in [3.05, 3.63) is 65.4 Å². The Labute approximate surface area is 153 Å². The van der Waals surface area contributed by atoms with E-state index in [9.17, 15) is 4.79 Å². The molecular weight excluding hydrogens is 324 g/mol. The molecule has 5 heteroatoms. The molecule has 2 heterocycles. The molecule has 26 heavy (non-hydrogen) atoms. The lowest BCUT2D eigenvalue weighted by Gasteiger charge is -2.28. The van der Waals surface area contributed by atoms with Gasteiger partial charge in [-0.2, -0.15) is 5.10 Å². The minimum atomic E-state index is -0.126. The lowest BCUT2D eigenvalue weighted by molar-refractivity contribution is 0.0934. The van der Waals surface area contributed by atoms with E-state index in [0.29, 0.717) is 12.2 Å². The Morgan fingerprint density at radius 3 is 2.65 bits per heavy atom. The van der Waals surface area contributed by atoms with E-state index in [-0.39, 0.29) is 11.9 Å². The third-order valence-electron chi connectivity index (χ3n) is 5.18. The number of benzene rings is 2. The molecule has 0 saturated carbocycles. The molecule has 1 amide bonds. The van der Waals surface area contributed by atoms with Crippen LogP contribution in [0.25, 0.3) is 10.9 Å². The van der Waals surface area contributed by atoms with Crippen molar-refractivity contribution in [2.45, 2.75) is 25.8 Å². The number of amides is 1. The Bertz CT molecular complexity index is 894. The van der Waals surface area contributed by atoms with Gasteiger partial charge < -0.3 is 5.32 Å². The molecule has 0 spiro atoms. The highest BCUT2D eigenvalue weighted by Crippen LogP contribution is 2.25. The molecule has 1 aliphatic rings. The normalized spacial score (nSPS) is 16.0. The van der Waals surface area contributed by atoms with Crippen molar-refractivity contribution < 1.29 is 4.79 Å².